The number of likely N-dealkylation sites (tertiary alicyclic amines) is 1. The van der Waals surface area contributed by atoms with Crippen molar-refractivity contribution in [3.05, 3.63) is 35.9 Å². The van der Waals surface area contributed by atoms with E-state index < -0.39 is 5.60 Å². The minimum Gasteiger partial charge on any atom is -0.444 e. The largest absolute Gasteiger partial charge is 0.444 e. The molecule has 1 amide bonds. The van der Waals surface area contributed by atoms with E-state index in [-0.39, 0.29) is 24.0 Å². The Hall–Kier alpha value is -1.88. The van der Waals surface area contributed by atoms with Gasteiger partial charge >= 0.3 is 6.09 Å². The molecule has 0 saturated carbocycles. The van der Waals surface area contributed by atoms with Gasteiger partial charge in [-0.05, 0) is 26.3 Å². The first-order valence-corrected chi connectivity index (χ1v) is 8.14. The predicted molar refractivity (Wildman–Crippen MR) is 87.0 cm³/mol. The number of benzene rings is 1. The fraction of sp³-hybridized carbons (Fsp3) is 0.556. The molecule has 2 fully saturated rings. The molecule has 2 heterocycles. The van der Waals surface area contributed by atoms with Crippen molar-refractivity contribution in [1.82, 2.24) is 9.80 Å². The molecule has 3 rings (SSSR count). The summed E-state index contributed by atoms with van der Waals surface area (Å²) in [5.41, 5.74) is 0.686. The van der Waals surface area contributed by atoms with Crippen molar-refractivity contribution in [2.45, 2.75) is 51.4 Å². The Morgan fingerprint density at radius 2 is 1.91 bits per heavy atom. The van der Waals surface area contributed by atoms with E-state index in [2.05, 4.69) is 17.0 Å². The van der Waals surface area contributed by atoms with E-state index in [9.17, 15) is 9.59 Å². The van der Waals surface area contributed by atoms with Crippen molar-refractivity contribution in [2.24, 2.45) is 0 Å². The number of amides is 1. The van der Waals surface area contributed by atoms with E-state index in [1.54, 1.807) is 4.90 Å². The Morgan fingerprint density at radius 3 is 2.52 bits per heavy atom. The van der Waals surface area contributed by atoms with E-state index in [1.807, 2.05) is 39.0 Å². The maximum atomic E-state index is 12.4. The van der Waals surface area contributed by atoms with Crippen molar-refractivity contribution >= 4 is 11.9 Å². The molecule has 0 radical (unpaired) electrons. The zero-order valence-electron chi connectivity index (χ0n) is 14.0. The summed E-state index contributed by atoms with van der Waals surface area (Å²) < 4.78 is 5.48. The molecule has 5 heteroatoms. The number of hydrogen-bond donors (Lipinski definition) is 0. The average molecular weight is 316 g/mol. The highest BCUT2D eigenvalue weighted by molar-refractivity contribution is 5.92. The molecular formula is C18H24N2O3. The zero-order chi connectivity index (χ0) is 16.6. The number of rotatable bonds is 2. The Balaban J connectivity index is 1.69. The van der Waals surface area contributed by atoms with E-state index in [1.165, 1.54) is 5.56 Å². The van der Waals surface area contributed by atoms with Crippen molar-refractivity contribution < 1.29 is 14.3 Å². The van der Waals surface area contributed by atoms with Gasteiger partial charge in [-0.2, -0.15) is 0 Å². The normalized spacial score (nSPS) is 24.8. The minimum absolute atomic E-state index is 0.0696. The second-order valence-electron chi connectivity index (χ2n) is 7.41. The second kappa shape index (κ2) is 5.96. The third-order valence-electron chi connectivity index (χ3n) is 4.29. The average Bonchev–Trinajstić information content (AvgIpc) is 2.65. The standard InChI is InChI=1S/C18H24N2O3/c1-18(2,3)23-17(22)20-14-9-16(21)15(20)12-19(11-14)10-13-7-5-4-6-8-13/h4-8,14-15H,9-12H2,1-3H3/t14-,15+/m1/s1. The molecule has 1 aromatic carbocycles. The maximum absolute atomic E-state index is 12.4. The molecule has 2 atom stereocenters. The van der Waals surface area contributed by atoms with Crippen LogP contribution in [-0.4, -0.2) is 52.5 Å². The van der Waals surface area contributed by atoms with Gasteiger partial charge in [-0.1, -0.05) is 30.3 Å². The Morgan fingerprint density at radius 1 is 1.22 bits per heavy atom. The lowest BCUT2D eigenvalue weighted by molar-refractivity contribution is -0.120. The van der Waals surface area contributed by atoms with Gasteiger partial charge in [0.2, 0.25) is 0 Å². The first-order chi connectivity index (χ1) is 10.8. The first-order valence-electron chi connectivity index (χ1n) is 8.14. The van der Waals surface area contributed by atoms with Crippen LogP contribution in [0.1, 0.15) is 32.8 Å². The number of carbonyl (C=O) groups excluding carboxylic acids is 2. The first kappa shape index (κ1) is 16.0. The van der Waals surface area contributed by atoms with Crippen LogP contribution in [-0.2, 0) is 16.1 Å². The zero-order valence-corrected chi connectivity index (χ0v) is 14.0. The van der Waals surface area contributed by atoms with Gasteiger partial charge in [0, 0.05) is 26.1 Å². The van der Waals surface area contributed by atoms with E-state index in [4.69, 9.17) is 4.74 Å². The highest BCUT2D eigenvalue weighted by Crippen LogP contribution is 2.30. The SMILES string of the molecule is CC(C)(C)OC(=O)N1[C@@H]2CC(=O)[C@@H]1CN(Cc1ccccc1)C2. The molecule has 0 spiro atoms. The maximum Gasteiger partial charge on any atom is 0.411 e. The quantitative estimate of drug-likeness (QED) is 0.841. The Kier molecular flexibility index (Phi) is 4.15. The van der Waals surface area contributed by atoms with Crippen LogP contribution in [0.15, 0.2) is 30.3 Å². The number of hydrogen-bond acceptors (Lipinski definition) is 4. The Labute approximate surface area is 137 Å². The molecule has 2 aliphatic heterocycles. The second-order valence-corrected chi connectivity index (χ2v) is 7.41. The van der Waals surface area contributed by atoms with Gasteiger partial charge in [0.05, 0.1) is 6.04 Å². The monoisotopic (exact) mass is 316 g/mol. The van der Waals surface area contributed by atoms with Gasteiger partial charge in [0.25, 0.3) is 0 Å². The van der Waals surface area contributed by atoms with Gasteiger partial charge in [0.1, 0.15) is 11.6 Å². The topological polar surface area (TPSA) is 49.9 Å². The number of ether oxygens (including phenoxy) is 1. The van der Waals surface area contributed by atoms with Crippen LogP contribution in [0.4, 0.5) is 4.79 Å². The summed E-state index contributed by atoms with van der Waals surface area (Å²) in [6.45, 7) is 7.66. The molecule has 23 heavy (non-hydrogen) atoms. The fourth-order valence-electron chi connectivity index (χ4n) is 3.40. The highest BCUT2D eigenvalue weighted by Gasteiger charge is 2.49. The molecule has 0 unspecified atom stereocenters. The van der Waals surface area contributed by atoms with Gasteiger partial charge < -0.3 is 4.74 Å². The molecule has 0 aliphatic carbocycles. The smallest absolute Gasteiger partial charge is 0.411 e. The van der Waals surface area contributed by atoms with Crippen LogP contribution in [0.5, 0.6) is 0 Å². The molecule has 1 aromatic rings. The van der Waals surface area contributed by atoms with E-state index in [0.717, 1.165) is 13.1 Å². The summed E-state index contributed by atoms with van der Waals surface area (Å²) in [6.07, 6.45) is 0.0765. The van der Waals surface area contributed by atoms with Crippen LogP contribution >= 0.6 is 0 Å². The number of fused-ring (bicyclic) bond motifs is 2. The number of Topliss-reactive ketones (excluding diaryl/α,β-unsaturated/α-hetero) is 1. The molecular weight excluding hydrogens is 292 g/mol. The number of piperazine rings is 1. The lowest BCUT2D eigenvalue weighted by Crippen LogP contribution is -2.57. The molecule has 5 nitrogen and oxygen atoms in total. The minimum atomic E-state index is -0.541. The summed E-state index contributed by atoms with van der Waals surface area (Å²) >= 11 is 0. The summed E-state index contributed by atoms with van der Waals surface area (Å²) in [7, 11) is 0. The number of carbonyl (C=O) groups is 2. The lowest BCUT2D eigenvalue weighted by Gasteiger charge is -2.40. The van der Waals surface area contributed by atoms with Crippen LogP contribution in [0.3, 0.4) is 0 Å². The van der Waals surface area contributed by atoms with Crippen molar-refractivity contribution in [2.75, 3.05) is 13.1 Å². The van der Waals surface area contributed by atoms with Gasteiger partial charge in [-0.25, -0.2) is 4.79 Å². The van der Waals surface area contributed by atoms with Gasteiger partial charge in [-0.15, -0.1) is 0 Å². The molecule has 124 valence electrons. The van der Waals surface area contributed by atoms with Crippen LogP contribution in [0.25, 0.3) is 0 Å². The third-order valence-corrected chi connectivity index (χ3v) is 4.29. The van der Waals surface area contributed by atoms with Gasteiger partial charge in [0.15, 0.2) is 5.78 Å². The molecule has 2 saturated heterocycles. The third kappa shape index (κ3) is 3.55. The summed E-state index contributed by atoms with van der Waals surface area (Å²) in [4.78, 5) is 28.6. The van der Waals surface area contributed by atoms with Crippen molar-refractivity contribution in [3.8, 4) is 0 Å². The summed E-state index contributed by atoms with van der Waals surface area (Å²) in [5.74, 6) is 0.149. The molecule has 0 aromatic heterocycles. The van der Waals surface area contributed by atoms with Gasteiger partial charge in [-0.3, -0.25) is 14.6 Å². The summed E-state index contributed by atoms with van der Waals surface area (Å²) in [5, 5.41) is 0. The van der Waals surface area contributed by atoms with Crippen molar-refractivity contribution in [3.63, 3.8) is 0 Å². The molecule has 2 bridgehead atoms. The van der Waals surface area contributed by atoms with Crippen molar-refractivity contribution in [1.29, 1.82) is 0 Å². The molecule has 2 aliphatic rings. The van der Waals surface area contributed by atoms with E-state index in [0.29, 0.717) is 13.0 Å². The highest BCUT2D eigenvalue weighted by atomic mass is 16.6. The van der Waals surface area contributed by atoms with E-state index >= 15 is 0 Å². The lowest BCUT2D eigenvalue weighted by atomic mass is 10.1. The summed E-state index contributed by atoms with van der Waals surface area (Å²) in [6, 6.07) is 9.77. The van der Waals surface area contributed by atoms with Crippen LogP contribution in [0, 0.1) is 0 Å². The number of ketones is 1. The van der Waals surface area contributed by atoms with Crippen LogP contribution in [0.2, 0.25) is 0 Å². The Bertz CT molecular complexity index is 594. The van der Waals surface area contributed by atoms with Crippen LogP contribution < -0.4 is 0 Å². The fourth-order valence-corrected chi connectivity index (χ4v) is 3.40. The number of nitrogens with zero attached hydrogens (tertiary/aromatic N) is 2. The predicted octanol–water partition coefficient (Wildman–Crippen LogP) is 2.45. The molecule has 0 N–H and O–H groups in total.